The van der Waals surface area contributed by atoms with Gasteiger partial charge >= 0.3 is 0 Å². The summed E-state index contributed by atoms with van der Waals surface area (Å²) in [6.07, 6.45) is 1.05. The monoisotopic (exact) mass is 423 g/mol. The fraction of sp³-hybridized carbons (Fsp3) is 1.00. The lowest BCUT2D eigenvalue weighted by Gasteiger charge is -2.05. The molecule has 8 heteroatoms. The molecule has 0 aliphatic rings. The van der Waals surface area contributed by atoms with E-state index >= 15 is 0 Å². The van der Waals surface area contributed by atoms with Crippen LogP contribution < -0.4 is 4.98 Å². The molecule has 11 heavy (non-hydrogen) atoms. The van der Waals surface area contributed by atoms with Crippen LogP contribution in [0.5, 0.6) is 0 Å². The van der Waals surface area contributed by atoms with E-state index in [0.29, 0.717) is 0 Å². The molecule has 0 saturated carbocycles. The van der Waals surface area contributed by atoms with E-state index in [9.17, 15) is 8.42 Å². The number of rotatable bonds is 3. The molecule has 0 fully saturated rings. The highest BCUT2D eigenvalue weighted by molar-refractivity contribution is 15.0. The van der Waals surface area contributed by atoms with Crippen molar-refractivity contribution in [2.75, 3.05) is 13.3 Å². The lowest BCUT2D eigenvalue weighted by atomic mass is 11.6. The predicted octanol–water partition coefficient (Wildman–Crippen LogP) is 0.804. The molecule has 0 aromatic heterocycles. The summed E-state index contributed by atoms with van der Waals surface area (Å²) in [7, 11) is -3.20. The largest absolute Gasteiger partial charge is 0.321 e. The molecule has 0 rings (SSSR count). The van der Waals surface area contributed by atoms with Crippen molar-refractivity contribution in [1.29, 1.82) is 0 Å². The second-order valence-corrected chi connectivity index (χ2v) is 5.77. The topological polar surface area (TPSA) is 55.4 Å². The van der Waals surface area contributed by atoms with Crippen LogP contribution in [0.1, 0.15) is 0 Å². The van der Waals surface area contributed by atoms with Gasteiger partial charge in [-0.2, -0.15) is 0 Å². The minimum absolute atomic E-state index is 1.05. The molecule has 0 saturated heterocycles. The van der Waals surface area contributed by atoms with Crippen molar-refractivity contribution in [3.05, 3.63) is 0 Å². The van der Waals surface area contributed by atoms with E-state index in [0.717, 1.165) is 6.26 Å². The molecule has 0 heterocycles. The third-order valence-corrected chi connectivity index (χ3v) is 4.09. The van der Waals surface area contributed by atoms with Gasteiger partial charge in [-0.25, -0.2) is 8.42 Å². The van der Waals surface area contributed by atoms with E-state index in [1.54, 1.807) is 13.6 Å². The standard InChI is InChI=1S/C3H11NO3SSi.I2/c1-4-9(3)7-8(2,5)6;1-2/h4,9H,1-3H3;. The summed E-state index contributed by atoms with van der Waals surface area (Å²) < 4.78 is 25.3. The molecular weight excluding hydrogens is 412 g/mol. The van der Waals surface area contributed by atoms with E-state index in [-0.39, 0.29) is 0 Å². The quantitative estimate of drug-likeness (QED) is 0.540. The molecule has 1 unspecified atom stereocenters. The summed E-state index contributed by atoms with van der Waals surface area (Å²) in [4.78, 5) is 2.76. The van der Waals surface area contributed by atoms with Crippen molar-refractivity contribution < 1.29 is 12.3 Å². The molecule has 1 N–H and O–H groups in total. The Hall–Kier alpha value is 1.55. The van der Waals surface area contributed by atoms with Crippen LogP contribution in [-0.4, -0.2) is 30.9 Å². The van der Waals surface area contributed by atoms with Crippen molar-refractivity contribution in [1.82, 2.24) is 4.98 Å². The van der Waals surface area contributed by atoms with Crippen molar-refractivity contribution in [3.8, 4) is 0 Å². The van der Waals surface area contributed by atoms with Gasteiger partial charge in [-0.1, -0.05) is 0 Å². The van der Waals surface area contributed by atoms with E-state index < -0.39 is 19.3 Å². The molecule has 0 aromatic rings. The molecule has 0 aliphatic heterocycles. The average molecular weight is 423 g/mol. The Balaban J connectivity index is 0. The van der Waals surface area contributed by atoms with Crippen LogP contribution >= 0.6 is 37.2 Å². The summed E-state index contributed by atoms with van der Waals surface area (Å²) in [5.41, 5.74) is 0. The molecule has 0 amide bonds. The van der Waals surface area contributed by atoms with Gasteiger partial charge in [0.1, 0.15) is 0 Å². The SMILES string of the molecule is CN[SiH](C)OS(C)(=O)=O.II. The van der Waals surface area contributed by atoms with Crippen LogP contribution in [0, 0.1) is 0 Å². The van der Waals surface area contributed by atoms with Crippen LogP contribution in [-0.2, 0) is 14.0 Å². The van der Waals surface area contributed by atoms with E-state index in [2.05, 4.69) is 46.1 Å². The van der Waals surface area contributed by atoms with Gasteiger partial charge in [-0.05, 0) is 13.6 Å². The summed E-state index contributed by atoms with van der Waals surface area (Å²) in [5.74, 6) is 0. The first kappa shape index (κ1) is 15.0. The molecular formula is C3H11I2NO3SSi. The lowest BCUT2D eigenvalue weighted by Crippen LogP contribution is -2.32. The third-order valence-electron chi connectivity index (χ3n) is 0.726. The molecule has 0 aromatic carbocycles. The van der Waals surface area contributed by atoms with Gasteiger partial charge in [0.15, 0.2) is 0 Å². The normalized spacial score (nSPS) is 13.2. The Bertz CT molecular complexity index is 173. The van der Waals surface area contributed by atoms with Crippen LogP contribution in [0.15, 0.2) is 0 Å². The van der Waals surface area contributed by atoms with Crippen molar-refractivity contribution in [2.24, 2.45) is 0 Å². The highest BCUT2D eigenvalue weighted by Gasteiger charge is 2.08. The van der Waals surface area contributed by atoms with Crippen LogP contribution in [0.25, 0.3) is 0 Å². The van der Waals surface area contributed by atoms with E-state index in [1.165, 1.54) is 0 Å². The number of nitrogens with one attached hydrogen (secondary N) is 1. The van der Waals surface area contributed by atoms with Crippen LogP contribution in [0.3, 0.4) is 0 Å². The molecule has 0 aliphatic carbocycles. The summed E-state index contributed by atoms with van der Waals surface area (Å²) >= 11 is 4.24. The zero-order valence-corrected chi connectivity index (χ0v) is 12.8. The number of hydrogen-bond donors (Lipinski definition) is 1. The van der Waals surface area contributed by atoms with Crippen molar-refractivity contribution in [3.63, 3.8) is 0 Å². The van der Waals surface area contributed by atoms with Crippen molar-refractivity contribution in [2.45, 2.75) is 6.55 Å². The first-order valence-electron chi connectivity index (χ1n) is 2.65. The number of halogens is 2. The second-order valence-electron chi connectivity index (χ2n) is 1.73. The number of hydrogen-bond acceptors (Lipinski definition) is 4. The highest BCUT2D eigenvalue weighted by atomic mass is 128. The van der Waals surface area contributed by atoms with Gasteiger partial charge in [0.05, 0.1) is 6.26 Å². The zero-order valence-electron chi connectivity index (χ0n) is 6.47. The van der Waals surface area contributed by atoms with Gasteiger partial charge < -0.3 is 8.85 Å². The molecule has 0 bridgehead atoms. The van der Waals surface area contributed by atoms with E-state index in [1.807, 2.05) is 0 Å². The first-order valence-corrected chi connectivity index (χ1v) is 13.0. The summed E-state index contributed by atoms with van der Waals surface area (Å²) in [5, 5.41) is 0. The molecule has 0 radical (unpaired) electrons. The Morgan fingerprint density at radius 3 is 1.91 bits per heavy atom. The Labute approximate surface area is 92.7 Å². The predicted molar refractivity (Wildman–Crippen MR) is 66.0 cm³/mol. The van der Waals surface area contributed by atoms with Crippen LogP contribution in [0.2, 0.25) is 6.55 Å². The van der Waals surface area contributed by atoms with E-state index in [4.69, 9.17) is 0 Å². The van der Waals surface area contributed by atoms with Gasteiger partial charge in [-0.3, -0.25) is 0 Å². The maximum atomic E-state index is 10.4. The fourth-order valence-electron chi connectivity index (χ4n) is 0.310. The van der Waals surface area contributed by atoms with Gasteiger partial charge in [0.2, 0.25) is 0 Å². The minimum atomic E-state index is -3.24. The first-order chi connectivity index (χ1) is 4.95. The lowest BCUT2D eigenvalue weighted by molar-refractivity contribution is 0.495. The van der Waals surface area contributed by atoms with Gasteiger partial charge in [-0.15, -0.1) is 0 Å². The average Bonchev–Trinajstić information content (AvgIpc) is 1.89. The Morgan fingerprint density at radius 2 is 1.82 bits per heavy atom. The Morgan fingerprint density at radius 1 is 1.45 bits per heavy atom. The molecule has 1 atom stereocenters. The highest BCUT2D eigenvalue weighted by Crippen LogP contribution is 1.89. The maximum absolute atomic E-state index is 10.4. The van der Waals surface area contributed by atoms with Gasteiger partial charge in [0, 0.05) is 37.2 Å². The third kappa shape index (κ3) is 14.4. The maximum Gasteiger partial charge on any atom is 0.271 e. The second kappa shape index (κ2) is 8.16. The Kier molecular flexibility index (Phi) is 11.2. The van der Waals surface area contributed by atoms with Crippen LogP contribution in [0.4, 0.5) is 0 Å². The molecule has 0 spiro atoms. The molecule has 4 nitrogen and oxygen atoms in total. The minimum Gasteiger partial charge on any atom is -0.321 e. The summed E-state index contributed by atoms with van der Waals surface area (Å²) in [6.45, 7) is 1.75. The smallest absolute Gasteiger partial charge is 0.271 e. The molecule has 70 valence electrons. The summed E-state index contributed by atoms with van der Waals surface area (Å²) in [6, 6.07) is 0. The van der Waals surface area contributed by atoms with Crippen molar-refractivity contribution >= 4 is 56.6 Å². The fourth-order valence-corrected chi connectivity index (χ4v) is 2.79. The zero-order chi connectivity index (χ0) is 9.49. The van der Waals surface area contributed by atoms with Gasteiger partial charge in [0.25, 0.3) is 19.3 Å².